The Balaban J connectivity index is 2.63. The molecule has 1 atom stereocenters. The van der Waals surface area contributed by atoms with Crippen molar-refractivity contribution >= 4 is 0 Å². The van der Waals surface area contributed by atoms with E-state index in [4.69, 9.17) is 5.84 Å². The van der Waals surface area contributed by atoms with Gasteiger partial charge in [-0.3, -0.25) is 11.3 Å². The van der Waals surface area contributed by atoms with Gasteiger partial charge in [0.15, 0.2) is 0 Å². The molecule has 0 aliphatic heterocycles. The summed E-state index contributed by atoms with van der Waals surface area (Å²) in [6.45, 7) is 4.44. The quantitative estimate of drug-likeness (QED) is 0.555. The minimum absolute atomic E-state index is 0.177. The smallest absolute Gasteiger partial charge is 0.0947 e. The second-order valence-electron chi connectivity index (χ2n) is 4.10. The van der Waals surface area contributed by atoms with Gasteiger partial charge in [-0.25, -0.2) is 4.98 Å². The minimum atomic E-state index is 0.177. The van der Waals surface area contributed by atoms with Crippen molar-refractivity contribution in [3.8, 4) is 0 Å². The molecule has 15 heavy (non-hydrogen) atoms. The fraction of sp³-hybridized carbons (Fsp3) is 0.727. The topological polar surface area (TPSA) is 55.9 Å². The molecule has 4 heteroatoms. The zero-order valence-electron chi connectivity index (χ0n) is 9.90. The Labute approximate surface area is 91.8 Å². The summed E-state index contributed by atoms with van der Waals surface area (Å²) in [5.74, 6) is 6.29. The summed E-state index contributed by atoms with van der Waals surface area (Å²) in [4.78, 5) is 4.33. The first-order chi connectivity index (χ1) is 7.21. The van der Waals surface area contributed by atoms with Crippen molar-refractivity contribution in [1.29, 1.82) is 0 Å². The third-order valence-electron chi connectivity index (χ3n) is 3.01. The fourth-order valence-electron chi connectivity index (χ4n) is 1.84. The van der Waals surface area contributed by atoms with Gasteiger partial charge in [0.05, 0.1) is 18.1 Å². The van der Waals surface area contributed by atoms with Gasteiger partial charge in [-0.1, -0.05) is 26.7 Å². The van der Waals surface area contributed by atoms with E-state index in [1.807, 2.05) is 24.1 Å². The van der Waals surface area contributed by atoms with Gasteiger partial charge in [0.2, 0.25) is 0 Å². The van der Waals surface area contributed by atoms with Crippen molar-refractivity contribution in [2.45, 2.75) is 39.2 Å². The fourth-order valence-corrected chi connectivity index (χ4v) is 1.84. The molecule has 0 aromatic carbocycles. The Morgan fingerprint density at radius 3 is 2.53 bits per heavy atom. The SMILES string of the molecule is CCC(CC)CC(NN)c1cn(C)cn1. The molecule has 0 radical (unpaired) electrons. The molecule has 0 saturated heterocycles. The van der Waals surface area contributed by atoms with E-state index >= 15 is 0 Å². The first-order valence-corrected chi connectivity index (χ1v) is 5.65. The summed E-state index contributed by atoms with van der Waals surface area (Å²) in [6, 6.07) is 0.177. The maximum atomic E-state index is 5.57. The van der Waals surface area contributed by atoms with Crippen LogP contribution in [0.3, 0.4) is 0 Å². The highest BCUT2D eigenvalue weighted by Gasteiger charge is 2.16. The van der Waals surface area contributed by atoms with Crippen LogP contribution in [0.5, 0.6) is 0 Å². The number of aryl methyl sites for hydroxylation is 1. The molecule has 0 spiro atoms. The van der Waals surface area contributed by atoms with Crippen molar-refractivity contribution in [3.05, 3.63) is 18.2 Å². The number of hydrogen-bond acceptors (Lipinski definition) is 3. The molecule has 3 N–H and O–H groups in total. The number of aromatic nitrogens is 2. The number of hydrazine groups is 1. The maximum Gasteiger partial charge on any atom is 0.0947 e. The highest BCUT2D eigenvalue weighted by molar-refractivity contribution is 5.03. The van der Waals surface area contributed by atoms with Crippen LogP contribution < -0.4 is 11.3 Å². The minimum Gasteiger partial charge on any atom is -0.340 e. The molecule has 0 amide bonds. The summed E-state index contributed by atoms with van der Waals surface area (Å²) in [5.41, 5.74) is 3.89. The third-order valence-corrected chi connectivity index (χ3v) is 3.01. The van der Waals surface area contributed by atoms with Gasteiger partial charge < -0.3 is 4.57 Å². The molecule has 86 valence electrons. The van der Waals surface area contributed by atoms with E-state index in [9.17, 15) is 0 Å². The molecule has 1 aromatic heterocycles. The summed E-state index contributed by atoms with van der Waals surface area (Å²) in [7, 11) is 1.97. The number of nitrogens with zero attached hydrogens (tertiary/aromatic N) is 2. The van der Waals surface area contributed by atoms with Gasteiger partial charge in [0.25, 0.3) is 0 Å². The van der Waals surface area contributed by atoms with E-state index in [0.29, 0.717) is 5.92 Å². The summed E-state index contributed by atoms with van der Waals surface area (Å²) >= 11 is 0. The molecule has 1 aromatic rings. The van der Waals surface area contributed by atoms with Gasteiger partial charge in [0.1, 0.15) is 0 Å². The lowest BCUT2D eigenvalue weighted by atomic mass is 9.94. The van der Waals surface area contributed by atoms with Crippen LogP contribution in [0, 0.1) is 5.92 Å². The molecule has 0 bridgehead atoms. The maximum absolute atomic E-state index is 5.57. The van der Waals surface area contributed by atoms with E-state index < -0.39 is 0 Å². The summed E-state index contributed by atoms with van der Waals surface area (Å²) in [5, 5.41) is 0. The third kappa shape index (κ3) is 3.32. The van der Waals surface area contributed by atoms with Gasteiger partial charge >= 0.3 is 0 Å². The van der Waals surface area contributed by atoms with E-state index in [-0.39, 0.29) is 6.04 Å². The predicted octanol–water partition coefficient (Wildman–Crippen LogP) is 1.75. The number of imidazole rings is 1. The molecular weight excluding hydrogens is 188 g/mol. The molecule has 0 saturated carbocycles. The van der Waals surface area contributed by atoms with Crippen LogP contribution >= 0.6 is 0 Å². The Morgan fingerprint density at radius 1 is 1.47 bits per heavy atom. The molecule has 1 unspecified atom stereocenters. The van der Waals surface area contributed by atoms with Crippen molar-refractivity contribution in [2.75, 3.05) is 0 Å². The van der Waals surface area contributed by atoms with Gasteiger partial charge in [0, 0.05) is 13.2 Å². The van der Waals surface area contributed by atoms with Crippen molar-refractivity contribution in [2.24, 2.45) is 18.8 Å². The lowest BCUT2D eigenvalue weighted by Gasteiger charge is -2.19. The van der Waals surface area contributed by atoms with Crippen LogP contribution in [-0.4, -0.2) is 9.55 Å². The van der Waals surface area contributed by atoms with Crippen LogP contribution in [0.2, 0.25) is 0 Å². The number of hydrogen-bond donors (Lipinski definition) is 2. The van der Waals surface area contributed by atoms with Crippen LogP contribution in [0.4, 0.5) is 0 Å². The zero-order valence-corrected chi connectivity index (χ0v) is 9.90. The summed E-state index contributed by atoms with van der Waals surface area (Å²) in [6.07, 6.45) is 7.28. The molecule has 1 rings (SSSR count). The second-order valence-corrected chi connectivity index (χ2v) is 4.10. The van der Waals surface area contributed by atoms with Crippen LogP contribution in [-0.2, 0) is 7.05 Å². The predicted molar refractivity (Wildman–Crippen MR) is 62.0 cm³/mol. The zero-order chi connectivity index (χ0) is 11.3. The van der Waals surface area contributed by atoms with E-state index in [1.54, 1.807) is 0 Å². The molecular formula is C11H22N4. The number of nitrogens with one attached hydrogen (secondary N) is 1. The number of nitrogens with two attached hydrogens (primary N) is 1. The second kappa shape index (κ2) is 5.88. The lowest BCUT2D eigenvalue weighted by Crippen LogP contribution is -2.29. The Hall–Kier alpha value is -0.870. The molecule has 1 heterocycles. The normalized spacial score (nSPS) is 13.4. The van der Waals surface area contributed by atoms with Crippen LogP contribution in [0.25, 0.3) is 0 Å². The van der Waals surface area contributed by atoms with E-state index in [0.717, 1.165) is 12.1 Å². The standard InChI is InChI=1S/C11H22N4/c1-4-9(5-2)6-10(14-12)11-7-15(3)8-13-11/h7-10,14H,4-6,12H2,1-3H3. The molecule has 0 fully saturated rings. The first kappa shape index (κ1) is 12.2. The largest absolute Gasteiger partial charge is 0.340 e. The Kier molecular flexibility index (Phi) is 4.78. The lowest BCUT2D eigenvalue weighted by molar-refractivity contribution is 0.370. The summed E-state index contributed by atoms with van der Waals surface area (Å²) < 4.78 is 1.95. The Morgan fingerprint density at radius 2 is 2.13 bits per heavy atom. The van der Waals surface area contributed by atoms with E-state index in [2.05, 4.69) is 24.3 Å². The molecule has 4 nitrogen and oxygen atoms in total. The van der Waals surface area contributed by atoms with Crippen molar-refractivity contribution in [3.63, 3.8) is 0 Å². The van der Waals surface area contributed by atoms with Crippen molar-refractivity contribution in [1.82, 2.24) is 15.0 Å². The molecule has 0 aliphatic carbocycles. The van der Waals surface area contributed by atoms with Gasteiger partial charge in [-0.2, -0.15) is 0 Å². The highest BCUT2D eigenvalue weighted by atomic mass is 15.2. The van der Waals surface area contributed by atoms with Crippen LogP contribution in [0.1, 0.15) is 44.8 Å². The average Bonchev–Trinajstić information content (AvgIpc) is 2.67. The first-order valence-electron chi connectivity index (χ1n) is 5.65. The number of rotatable bonds is 6. The van der Waals surface area contributed by atoms with Crippen molar-refractivity contribution < 1.29 is 0 Å². The Bertz CT molecular complexity index is 278. The molecule has 0 aliphatic rings. The van der Waals surface area contributed by atoms with Crippen LogP contribution in [0.15, 0.2) is 12.5 Å². The highest BCUT2D eigenvalue weighted by Crippen LogP contribution is 2.23. The average molecular weight is 210 g/mol. The van der Waals surface area contributed by atoms with Gasteiger partial charge in [-0.15, -0.1) is 0 Å². The van der Waals surface area contributed by atoms with E-state index in [1.165, 1.54) is 12.8 Å². The van der Waals surface area contributed by atoms with Gasteiger partial charge in [-0.05, 0) is 12.3 Å². The monoisotopic (exact) mass is 210 g/mol.